The predicted molar refractivity (Wildman–Crippen MR) is 83.5 cm³/mol. The maximum atomic E-state index is 11.1. The molecule has 0 fully saturated rings. The van der Waals surface area contributed by atoms with Crippen LogP contribution in [0.5, 0.6) is 5.75 Å². The zero-order valence-electron chi connectivity index (χ0n) is 12.5. The summed E-state index contributed by atoms with van der Waals surface area (Å²) in [4.78, 5) is 0. The molecule has 1 aromatic heterocycles. The van der Waals surface area contributed by atoms with Crippen molar-refractivity contribution in [1.82, 2.24) is 5.32 Å². The number of fused-ring (bicyclic) bond motifs is 1. The minimum absolute atomic E-state index is 0.0154. The van der Waals surface area contributed by atoms with Crippen molar-refractivity contribution in [2.75, 3.05) is 25.7 Å². The van der Waals surface area contributed by atoms with E-state index in [0.717, 1.165) is 16.7 Å². The zero-order chi connectivity index (χ0) is 15.5. The van der Waals surface area contributed by atoms with Gasteiger partial charge in [-0.15, -0.1) is 0 Å². The summed E-state index contributed by atoms with van der Waals surface area (Å²) in [7, 11) is -1.28. The lowest BCUT2D eigenvalue weighted by Gasteiger charge is -2.10. The normalized spacial score (nSPS) is 13.5. The van der Waals surface area contributed by atoms with Gasteiger partial charge in [-0.1, -0.05) is 12.1 Å². The van der Waals surface area contributed by atoms with Gasteiger partial charge in [0, 0.05) is 11.6 Å². The van der Waals surface area contributed by atoms with Crippen molar-refractivity contribution in [1.29, 1.82) is 0 Å². The number of benzene rings is 1. The molecule has 0 radical (unpaired) electrons. The highest BCUT2D eigenvalue weighted by atomic mass is 32.2. The zero-order valence-corrected chi connectivity index (χ0v) is 13.4. The van der Waals surface area contributed by atoms with Crippen LogP contribution in [0.1, 0.15) is 25.1 Å². The van der Waals surface area contributed by atoms with E-state index >= 15 is 0 Å². The van der Waals surface area contributed by atoms with Crippen LogP contribution < -0.4 is 10.1 Å². The molecule has 1 unspecified atom stereocenters. The average molecular weight is 311 g/mol. The first-order chi connectivity index (χ1) is 9.90. The first-order valence-electron chi connectivity index (χ1n) is 6.88. The molecule has 0 aliphatic heterocycles. The van der Waals surface area contributed by atoms with Crippen LogP contribution in [0.4, 0.5) is 0 Å². The SMILES string of the molecule is COc1cccc2cc(C(C)NCCCS(C)(=O)=O)oc12. The van der Waals surface area contributed by atoms with Gasteiger partial charge in [0.05, 0.1) is 18.9 Å². The molecular formula is C15H21NO4S. The summed E-state index contributed by atoms with van der Waals surface area (Å²) < 4.78 is 33.3. The Morgan fingerprint density at radius 3 is 2.81 bits per heavy atom. The van der Waals surface area contributed by atoms with Gasteiger partial charge in [0.15, 0.2) is 11.3 Å². The molecule has 1 N–H and O–H groups in total. The second-order valence-electron chi connectivity index (χ2n) is 5.19. The number of nitrogens with one attached hydrogen (secondary N) is 1. The van der Waals surface area contributed by atoms with E-state index in [1.54, 1.807) is 7.11 Å². The molecule has 2 aromatic rings. The first-order valence-corrected chi connectivity index (χ1v) is 8.94. The number of ether oxygens (including phenoxy) is 1. The van der Waals surface area contributed by atoms with Crippen LogP contribution in [0.25, 0.3) is 11.0 Å². The van der Waals surface area contributed by atoms with Crippen molar-refractivity contribution in [3.05, 3.63) is 30.0 Å². The number of hydrogen-bond acceptors (Lipinski definition) is 5. The molecule has 0 saturated carbocycles. The van der Waals surface area contributed by atoms with Crippen molar-refractivity contribution >= 4 is 20.8 Å². The second kappa shape index (κ2) is 6.49. The Balaban J connectivity index is 2.01. The Morgan fingerprint density at radius 1 is 1.38 bits per heavy atom. The van der Waals surface area contributed by atoms with Crippen molar-refractivity contribution in [3.8, 4) is 5.75 Å². The summed E-state index contributed by atoms with van der Waals surface area (Å²) in [5.41, 5.74) is 0.736. The molecule has 1 aromatic carbocycles. The molecule has 1 heterocycles. The highest BCUT2D eigenvalue weighted by Crippen LogP contribution is 2.30. The second-order valence-corrected chi connectivity index (χ2v) is 7.45. The first kappa shape index (κ1) is 15.9. The van der Waals surface area contributed by atoms with Crippen LogP contribution >= 0.6 is 0 Å². The predicted octanol–water partition coefficient (Wildman–Crippen LogP) is 2.53. The molecule has 1 atom stereocenters. The Hall–Kier alpha value is -1.53. The number of para-hydroxylation sites is 1. The van der Waals surface area contributed by atoms with Gasteiger partial charge >= 0.3 is 0 Å². The highest BCUT2D eigenvalue weighted by Gasteiger charge is 2.13. The number of rotatable bonds is 7. The fraction of sp³-hybridized carbons (Fsp3) is 0.467. The lowest BCUT2D eigenvalue weighted by Crippen LogP contribution is -2.21. The van der Waals surface area contributed by atoms with Crippen molar-refractivity contribution in [2.45, 2.75) is 19.4 Å². The summed E-state index contributed by atoms with van der Waals surface area (Å²) >= 11 is 0. The molecule has 0 bridgehead atoms. The van der Waals surface area contributed by atoms with E-state index in [1.165, 1.54) is 6.26 Å². The molecule has 0 spiro atoms. The standard InChI is InChI=1S/C15H21NO4S/c1-11(16-8-5-9-21(3,17)18)14-10-12-6-4-7-13(19-2)15(12)20-14/h4,6-7,10-11,16H,5,8-9H2,1-3H3. The lowest BCUT2D eigenvalue weighted by molar-refractivity contribution is 0.400. The minimum Gasteiger partial charge on any atom is -0.493 e. The molecule has 6 heteroatoms. The molecule has 0 saturated heterocycles. The van der Waals surface area contributed by atoms with Crippen LogP contribution in [0.15, 0.2) is 28.7 Å². The molecule has 2 rings (SSSR count). The topological polar surface area (TPSA) is 68.5 Å². The fourth-order valence-electron chi connectivity index (χ4n) is 2.18. The van der Waals surface area contributed by atoms with Gasteiger partial charge in [-0.05, 0) is 32.0 Å². The highest BCUT2D eigenvalue weighted by molar-refractivity contribution is 7.90. The van der Waals surface area contributed by atoms with Crippen LogP contribution in [0.3, 0.4) is 0 Å². The van der Waals surface area contributed by atoms with E-state index in [1.807, 2.05) is 31.2 Å². The third-order valence-electron chi connectivity index (χ3n) is 3.32. The van der Waals surface area contributed by atoms with Crippen LogP contribution in [-0.2, 0) is 9.84 Å². The number of hydrogen-bond donors (Lipinski definition) is 1. The lowest BCUT2D eigenvalue weighted by atomic mass is 10.2. The van der Waals surface area contributed by atoms with E-state index in [-0.39, 0.29) is 11.8 Å². The molecule has 0 aliphatic carbocycles. The van der Waals surface area contributed by atoms with Gasteiger partial charge in [0.25, 0.3) is 0 Å². The minimum atomic E-state index is -2.90. The van der Waals surface area contributed by atoms with E-state index in [9.17, 15) is 8.42 Å². The van der Waals surface area contributed by atoms with Gasteiger partial charge in [0.1, 0.15) is 15.6 Å². The van der Waals surface area contributed by atoms with Gasteiger partial charge in [-0.2, -0.15) is 0 Å². The van der Waals surface area contributed by atoms with Crippen LogP contribution in [0, 0.1) is 0 Å². The third kappa shape index (κ3) is 4.22. The maximum Gasteiger partial charge on any atom is 0.176 e. The summed E-state index contributed by atoms with van der Waals surface area (Å²) in [6, 6.07) is 7.75. The average Bonchev–Trinajstić information content (AvgIpc) is 2.86. The van der Waals surface area contributed by atoms with Crippen molar-refractivity contribution in [3.63, 3.8) is 0 Å². The summed E-state index contributed by atoms with van der Waals surface area (Å²) in [6.07, 6.45) is 1.84. The number of sulfone groups is 1. The van der Waals surface area contributed by atoms with Gasteiger partial charge in [0.2, 0.25) is 0 Å². The Morgan fingerprint density at radius 2 is 2.14 bits per heavy atom. The number of furan rings is 1. The Kier molecular flexibility index (Phi) is 4.90. The smallest absolute Gasteiger partial charge is 0.176 e. The van der Waals surface area contributed by atoms with E-state index in [4.69, 9.17) is 9.15 Å². The Labute approximate surface area is 125 Å². The summed E-state index contributed by atoms with van der Waals surface area (Å²) in [6.45, 7) is 2.62. The number of methoxy groups -OCH3 is 1. The Bertz CT molecular complexity index is 706. The maximum absolute atomic E-state index is 11.1. The van der Waals surface area contributed by atoms with Crippen LogP contribution in [0.2, 0.25) is 0 Å². The van der Waals surface area contributed by atoms with E-state index in [2.05, 4.69) is 5.32 Å². The third-order valence-corrected chi connectivity index (χ3v) is 4.35. The molecule has 116 valence electrons. The van der Waals surface area contributed by atoms with Crippen molar-refractivity contribution in [2.24, 2.45) is 0 Å². The van der Waals surface area contributed by atoms with E-state index < -0.39 is 9.84 Å². The van der Waals surface area contributed by atoms with Crippen LogP contribution in [-0.4, -0.2) is 34.1 Å². The summed E-state index contributed by atoms with van der Waals surface area (Å²) in [5, 5.41) is 4.27. The molecule has 21 heavy (non-hydrogen) atoms. The quantitative estimate of drug-likeness (QED) is 0.796. The summed E-state index contributed by atoms with van der Waals surface area (Å²) in [5.74, 6) is 1.72. The van der Waals surface area contributed by atoms with Gasteiger partial charge < -0.3 is 14.5 Å². The molecule has 0 amide bonds. The van der Waals surface area contributed by atoms with E-state index in [0.29, 0.717) is 18.7 Å². The molecular weight excluding hydrogens is 290 g/mol. The molecule has 5 nitrogen and oxygen atoms in total. The fourth-order valence-corrected chi connectivity index (χ4v) is 2.85. The van der Waals surface area contributed by atoms with Gasteiger partial charge in [-0.3, -0.25) is 0 Å². The molecule has 0 aliphatic rings. The van der Waals surface area contributed by atoms with Gasteiger partial charge in [-0.25, -0.2) is 8.42 Å². The monoisotopic (exact) mass is 311 g/mol. The van der Waals surface area contributed by atoms with Crippen molar-refractivity contribution < 1.29 is 17.6 Å². The largest absolute Gasteiger partial charge is 0.493 e.